The van der Waals surface area contributed by atoms with Gasteiger partial charge in [-0.05, 0) is 37.0 Å². The molecule has 5 heteroatoms. The smallest absolute Gasteiger partial charge is 0.249 e. The van der Waals surface area contributed by atoms with Gasteiger partial charge in [-0.1, -0.05) is 63.2 Å². The van der Waals surface area contributed by atoms with Crippen LogP contribution in [0.1, 0.15) is 71.7 Å². The molecule has 1 aliphatic heterocycles. The monoisotopic (exact) mass is 369 g/mol. The number of carbonyl (C=O) groups is 1. The highest BCUT2D eigenvalue weighted by atomic mass is 16.5. The molecule has 5 nitrogen and oxygen atoms in total. The van der Waals surface area contributed by atoms with E-state index in [4.69, 9.17) is 4.52 Å². The van der Waals surface area contributed by atoms with Crippen LogP contribution in [-0.4, -0.2) is 27.5 Å². The van der Waals surface area contributed by atoms with Crippen LogP contribution in [0.25, 0.3) is 11.4 Å². The minimum atomic E-state index is -0.0990. The van der Waals surface area contributed by atoms with Crippen LogP contribution in [0.2, 0.25) is 0 Å². The lowest BCUT2D eigenvalue weighted by molar-refractivity contribution is -0.136. The van der Waals surface area contributed by atoms with Crippen LogP contribution in [0.5, 0.6) is 0 Å². The molecule has 1 saturated heterocycles. The van der Waals surface area contributed by atoms with E-state index in [0.29, 0.717) is 24.1 Å². The summed E-state index contributed by atoms with van der Waals surface area (Å²) in [6, 6.07) is 9.71. The molecule has 146 valence electrons. The Morgan fingerprint density at radius 3 is 2.70 bits per heavy atom. The van der Waals surface area contributed by atoms with E-state index in [2.05, 4.69) is 37.8 Å². The SMILES string of the molecule is CC(CC(=O)N1CCCCC1c1nc(-c2ccccc2)no1)CC(C)(C)C. The molecule has 0 aliphatic carbocycles. The fourth-order valence-corrected chi connectivity index (χ4v) is 4.09. The zero-order chi connectivity index (χ0) is 19.4. The first-order chi connectivity index (χ1) is 12.8. The summed E-state index contributed by atoms with van der Waals surface area (Å²) in [5.74, 6) is 1.72. The number of likely N-dealkylation sites (tertiary alicyclic amines) is 1. The van der Waals surface area contributed by atoms with Gasteiger partial charge >= 0.3 is 0 Å². The van der Waals surface area contributed by atoms with Gasteiger partial charge in [-0.2, -0.15) is 4.98 Å². The third kappa shape index (κ3) is 5.18. The topological polar surface area (TPSA) is 59.2 Å². The van der Waals surface area contributed by atoms with Gasteiger partial charge in [0, 0.05) is 18.5 Å². The molecule has 2 heterocycles. The highest BCUT2D eigenvalue weighted by Gasteiger charge is 2.33. The van der Waals surface area contributed by atoms with Gasteiger partial charge in [-0.3, -0.25) is 4.79 Å². The van der Waals surface area contributed by atoms with Crippen LogP contribution in [0, 0.1) is 11.3 Å². The third-order valence-electron chi connectivity index (χ3n) is 5.07. The van der Waals surface area contributed by atoms with Gasteiger partial charge in [0.25, 0.3) is 0 Å². The van der Waals surface area contributed by atoms with Crippen LogP contribution < -0.4 is 0 Å². The van der Waals surface area contributed by atoms with Crippen molar-refractivity contribution in [1.29, 1.82) is 0 Å². The summed E-state index contributed by atoms with van der Waals surface area (Å²) in [5, 5.41) is 4.14. The highest BCUT2D eigenvalue weighted by Crippen LogP contribution is 2.33. The second kappa shape index (κ2) is 8.24. The second-order valence-corrected chi connectivity index (χ2v) is 9.00. The van der Waals surface area contributed by atoms with Gasteiger partial charge in [0.15, 0.2) is 0 Å². The highest BCUT2D eigenvalue weighted by molar-refractivity contribution is 5.77. The third-order valence-corrected chi connectivity index (χ3v) is 5.07. The van der Waals surface area contributed by atoms with Crippen molar-refractivity contribution in [1.82, 2.24) is 15.0 Å². The Morgan fingerprint density at radius 2 is 2.00 bits per heavy atom. The van der Waals surface area contributed by atoms with Crippen LogP contribution in [0.15, 0.2) is 34.9 Å². The van der Waals surface area contributed by atoms with Crippen molar-refractivity contribution in [2.45, 2.75) is 65.8 Å². The van der Waals surface area contributed by atoms with Crippen molar-refractivity contribution in [3.05, 3.63) is 36.2 Å². The van der Waals surface area contributed by atoms with Crippen LogP contribution in [0.3, 0.4) is 0 Å². The number of nitrogens with zero attached hydrogens (tertiary/aromatic N) is 3. The molecule has 3 rings (SSSR count). The number of amides is 1. The molecule has 1 aromatic heterocycles. The molecule has 1 aliphatic rings. The lowest BCUT2D eigenvalue weighted by Gasteiger charge is -2.34. The largest absolute Gasteiger partial charge is 0.337 e. The van der Waals surface area contributed by atoms with E-state index < -0.39 is 0 Å². The summed E-state index contributed by atoms with van der Waals surface area (Å²) < 4.78 is 5.57. The van der Waals surface area contributed by atoms with Crippen molar-refractivity contribution in [3.8, 4) is 11.4 Å². The number of benzene rings is 1. The number of hydrogen-bond donors (Lipinski definition) is 0. The molecule has 1 amide bonds. The number of hydrogen-bond acceptors (Lipinski definition) is 4. The Hall–Kier alpha value is -2.17. The molecule has 2 unspecified atom stereocenters. The fourth-order valence-electron chi connectivity index (χ4n) is 4.09. The lowest BCUT2D eigenvalue weighted by Crippen LogP contribution is -2.39. The van der Waals surface area contributed by atoms with Gasteiger partial charge in [-0.15, -0.1) is 0 Å². The first-order valence-corrected chi connectivity index (χ1v) is 10.0. The molecule has 2 aromatic rings. The summed E-state index contributed by atoms with van der Waals surface area (Å²) in [5.41, 5.74) is 1.16. The van der Waals surface area contributed by atoms with E-state index in [1.807, 2.05) is 35.2 Å². The molecule has 0 saturated carbocycles. The summed E-state index contributed by atoms with van der Waals surface area (Å²) >= 11 is 0. The zero-order valence-corrected chi connectivity index (χ0v) is 16.9. The van der Waals surface area contributed by atoms with Gasteiger partial charge in [0.2, 0.25) is 17.6 Å². The maximum Gasteiger partial charge on any atom is 0.249 e. The first-order valence-electron chi connectivity index (χ1n) is 10.0. The van der Waals surface area contributed by atoms with Gasteiger partial charge in [0.1, 0.15) is 6.04 Å². The van der Waals surface area contributed by atoms with Crippen molar-refractivity contribution in [3.63, 3.8) is 0 Å². The first kappa shape index (κ1) is 19.6. The zero-order valence-electron chi connectivity index (χ0n) is 16.9. The summed E-state index contributed by atoms with van der Waals surface area (Å²) in [4.78, 5) is 19.6. The summed E-state index contributed by atoms with van der Waals surface area (Å²) in [7, 11) is 0. The fraction of sp³-hybridized carbons (Fsp3) is 0.591. The minimum Gasteiger partial charge on any atom is -0.337 e. The average molecular weight is 370 g/mol. The Labute approximate surface area is 162 Å². The van der Waals surface area contributed by atoms with Crippen LogP contribution in [-0.2, 0) is 4.79 Å². The molecule has 0 bridgehead atoms. The number of aromatic nitrogens is 2. The van der Waals surface area contributed by atoms with Crippen molar-refractivity contribution in [2.24, 2.45) is 11.3 Å². The van der Waals surface area contributed by atoms with E-state index in [1.165, 1.54) is 0 Å². The predicted octanol–water partition coefficient (Wildman–Crippen LogP) is 5.25. The van der Waals surface area contributed by atoms with Crippen molar-refractivity contribution in [2.75, 3.05) is 6.54 Å². The molecule has 2 atom stereocenters. The molecule has 1 aromatic carbocycles. The lowest BCUT2D eigenvalue weighted by atomic mass is 9.84. The van der Waals surface area contributed by atoms with Crippen LogP contribution in [0.4, 0.5) is 0 Å². The average Bonchev–Trinajstić information content (AvgIpc) is 3.11. The summed E-state index contributed by atoms with van der Waals surface area (Å²) in [6.45, 7) is 9.61. The Kier molecular flexibility index (Phi) is 5.98. The molecule has 27 heavy (non-hydrogen) atoms. The number of rotatable bonds is 5. The maximum absolute atomic E-state index is 13.0. The van der Waals surface area contributed by atoms with E-state index >= 15 is 0 Å². The van der Waals surface area contributed by atoms with E-state index in [-0.39, 0.29) is 17.4 Å². The van der Waals surface area contributed by atoms with Gasteiger partial charge in [0.05, 0.1) is 0 Å². The minimum absolute atomic E-state index is 0.0990. The molecular weight excluding hydrogens is 338 g/mol. The van der Waals surface area contributed by atoms with Crippen molar-refractivity contribution < 1.29 is 9.32 Å². The molecule has 0 spiro atoms. The van der Waals surface area contributed by atoms with Crippen molar-refractivity contribution >= 4 is 5.91 Å². The molecule has 0 N–H and O–H groups in total. The molecular formula is C22H31N3O2. The van der Waals surface area contributed by atoms with Gasteiger partial charge in [-0.25, -0.2) is 0 Å². The maximum atomic E-state index is 13.0. The quantitative estimate of drug-likeness (QED) is 0.722. The summed E-state index contributed by atoms with van der Waals surface area (Å²) in [6.07, 6.45) is 4.61. The number of carbonyl (C=O) groups excluding carboxylic acids is 1. The van der Waals surface area contributed by atoms with E-state index in [9.17, 15) is 4.79 Å². The Bertz CT molecular complexity index is 748. The van der Waals surface area contributed by atoms with Crippen LogP contribution >= 0.6 is 0 Å². The molecule has 0 radical (unpaired) electrons. The van der Waals surface area contributed by atoms with E-state index in [1.54, 1.807) is 0 Å². The van der Waals surface area contributed by atoms with E-state index in [0.717, 1.165) is 37.8 Å². The Balaban J connectivity index is 1.72. The molecule has 1 fully saturated rings. The predicted molar refractivity (Wildman–Crippen MR) is 106 cm³/mol. The van der Waals surface area contributed by atoms with Gasteiger partial charge < -0.3 is 9.42 Å². The second-order valence-electron chi connectivity index (χ2n) is 9.00. The normalized spacial score (nSPS) is 19.1. The standard InChI is InChI=1S/C22H31N3O2/c1-16(15-22(2,3)4)14-19(26)25-13-9-8-12-18(25)21-23-20(24-27-21)17-10-6-5-7-11-17/h5-7,10-11,16,18H,8-9,12-15H2,1-4H3. The Morgan fingerprint density at radius 1 is 1.26 bits per heavy atom. The number of piperidine rings is 1.